The van der Waals surface area contributed by atoms with Crippen molar-refractivity contribution in [1.82, 2.24) is 10.6 Å². The van der Waals surface area contributed by atoms with Gasteiger partial charge in [0.1, 0.15) is 5.82 Å². The van der Waals surface area contributed by atoms with Gasteiger partial charge in [0, 0.05) is 26.4 Å². The second-order valence-electron chi connectivity index (χ2n) is 6.45. The van der Waals surface area contributed by atoms with Crippen LogP contribution in [0.5, 0.6) is 0 Å². The second kappa shape index (κ2) is 8.81. The Hall–Kier alpha value is -2.62. The molecule has 0 aliphatic rings. The fourth-order valence-corrected chi connectivity index (χ4v) is 3.75. The molecular formula is C19H21F4N3O2S. The molecule has 0 saturated carbocycles. The van der Waals surface area contributed by atoms with E-state index in [1.54, 1.807) is 19.1 Å². The molecule has 0 bridgehead atoms. The molecule has 0 amide bonds. The number of sulfone groups is 1. The second-order valence-corrected chi connectivity index (χ2v) is 8.43. The number of rotatable bonds is 5. The van der Waals surface area contributed by atoms with Crippen molar-refractivity contribution < 1.29 is 26.0 Å². The Balaban J connectivity index is 2.05. The Morgan fingerprint density at radius 3 is 2.28 bits per heavy atom. The summed E-state index contributed by atoms with van der Waals surface area (Å²) in [5, 5.41) is 5.70. The van der Waals surface area contributed by atoms with Crippen LogP contribution >= 0.6 is 0 Å². The van der Waals surface area contributed by atoms with Crippen molar-refractivity contribution in [3.05, 3.63) is 64.5 Å². The fourth-order valence-electron chi connectivity index (χ4n) is 2.79. The summed E-state index contributed by atoms with van der Waals surface area (Å²) in [4.78, 5) is 4.19. The normalized spacial score (nSPS) is 12.7. The van der Waals surface area contributed by atoms with Crippen LogP contribution in [-0.2, 0) is 29.1 Å². The van der Waals surface area contributed by atoms with E-state index in [1.807, 2.05) is 0 Å². The molecule has 0 heterocycles. The van der Waals surface area contributed by atoms with Gasteiger partial charge in [-0.3, -0.25) is 4.99 Å². The maximum absolute atomic E-state index is 13.2. The van der Waals surface area contributed by atoms with E-state index in [2.05, 4.69) is 15.6 Å². The molecule has 158 valence electrons. The third kappa shape index (κ3) is 6.18. The monoisotopic (exact) mass is 431 g/mol. The maximum atomic E-state index is 13.2. The molecular weight excluding hydrogens is 410 g/mol. The number of hydrogen-bond acceptors (Lipinski definition) is 3. The third-order valence-corrected chi connectivity index (χ3v) is 5.40. The van der Waals surface area contributed by atoms with Gasteiger partial charge in [-0.1, -0.05) is 18.2 Å². The Morgan fingerprint density at radius 1 is 1.07 bits per heavy atom. The molecule has 0 aromatic heterocycles. The van der Waals surface area contributed by atoms with Gasteiger partial charge in [-0.05, 0) is 41.8 Å². The zero-order chi connectivity index (χ0) is 21.8. The van der Waals surface area contributed by atoms with Crippen LogP contribution in [0, 0.1) is 12.7 Å². The van der Waals surface area contributed by atoms with Crippen LogP contribution in [0.4, 0.5) is 17.6 Å². The SMILES string of the molecule is CN=C(NCc1ccc(S(C)(=O)=O)c(C)c1)NCc1ccc(F)cc1C(F)(F)F. The van der Waals surface area contributed by atoms with Crippen LogP contribution in [0.3, 0.4) is 0 Å². The number of benzene rings is 2. The van der Waals surface area contributed by atoms with Crippen molar-refractivity contribution in [3.63, 3.8) is 0 Å². The summed E-state index contributed by atoms with van der Waals surface area (Å²) >= 11 is 0. The van der Waals surface area contributed by atoms with Gasteiger partial charge in [-0.15, -0.1) is 0 Å². The van der Waals surface area contributed by atoms with Gasteiger partial charge >= 0.3 is 6.18 Å². The summed E-state index contributed by atoms with van der Waals surface area (Å²) in [6.07, 6.45) is -3.54. The van der Waals surface area contributed by atoms with Crippen molar-refractivity contribution >= 4 is 15.8 Å². The smallest absolute Gasteiger partial charge is 0.352 e. The average molecular weight is 431 g/mol. The van der Waals surface area contributed by atoms with E-state index >= 15 is 0 Å². The lowest BCUT2D eigenvalue weighted by Gasteiger charge is -2.16. The van der Waals surface area contributed by atoms with E-state index < -0.39 is 27.4 Å². The Labute approximate surface area is 166 Å². The van der Waals surface area contributed by atoms with Gasteiger partial charge < -0.3 is 10.6 Å². The highest BCUT2D eigenvalue weighted by Gasteiger charge is 2.33. The summed E-state index contributed by atoms with van der Waals surface area (Å²) in [5.74, 6) is -0.719. The van der Waals surface area contributed by atoms with Crippen molar-refractivity contribution in [2.24, 2.45) is 4.99 Å². The first kappa shape index (κ1) is 22.7. The highest BCUT2D eigenvalue weighted by Crippen LogP contribution is 2.32. The molecule has 29 heavy (non-hydrogen) atoms. The standard InChI is InChI=1S/C19H21F4N3O2S/c1-12-8-13(4-7-17(12)29(3,27)28)10-25-18(24-2)26-11-14-5-6-15(20)9-16(14)19(21,22)23/h4-9H,10-11H2,1-3H3,(H2,24,25,26). The van der Waals surface area contributed by atoms with E-state index in [4.69, 9.17) is 0 Å². The molecule has 0 atom stereocenters. The first-order chi connectivity index (χ1) is 13.4. The van der Waals surface area contributed by atoms with Crippen LogP contribution in [0.1, 0.15) is 22.3 Å². The number of alkyl halides is 3. The fraction of sp³-hybridized carbons (Fsp3) is 0.316. The molecule has 0 spiro atoms. The van der Waals surface area contributed by atoms with Crippen LogP contribution < -0.4 is 10.6 Å². The summed E-state index contributed by atoms with van der Waals surface area (Å²) < 4.78 is 75.8. The molecule has 0 unspecified atom stereocenters. The number of nitrogens with one attached hydrogen (secondary N) is 2. The van der Waals surface area contributed by atoms with Crippen molar-refractivity contribution in [2.75, 3.05) is 13.3 Å². The Bertz CT molecular complexity index is 1020. The van der Waals surface area contributed by atoms with Crippen LogP contribution in [0.25, 0.3) is 0 Å². The number of aliphatic imine (C=N–C) groups is 1. The molecule has 0 radical (unpaired) electrons. The largest absolute Gasteiger partial charge is 0.416 e. The first-order valence-electron chi connectivity index (χ1n) is 8.51. The van der Waals surface area contributed by atoms with E-state index in [0.717, 1.165) is 24.0 Å². The van der Waals surface area contributed by atoms with Crippen molar-refractivity contribution in [1.29, 1.82) is 0 Å². The molecule has 0 fully saturated rings. The quantitative estimate of drug-likeness (QED) is 0.432. The zero-order valence-electron chi connectivity index (χ0n) is 16.1. The topological polar surface area (TPSA) is 70.6 Å². The minimum atomic E-state index is -4.67. The summed E-state index contributed by atoms with van der Waals surface area (Å²) in [5.41, 5.74) is 0.203. The molecule has 0 aliphatic carbocycles. The van der Waals surface area contributed by atoms with Crippen LogP contribution in [0.2, 0.25) is 0 Å². The predicted molar refractivity (Wildman–Crippen MR) is 103 cm³/mol. The Kier molecular flexibility index (Phi) is 6.89. The summed E-state index contributed by atoms with van der Waals surface area (Å²) in [6.45, 7) is 1.75. The lowest BCUT2D eigenvalue weighted by atomic mass is 10.1. The summed E-state index contributed by atoms with van der Waals surface area (Å²) in [6, 6.07) is 7.36. The number of aryl methyl sites for hydroxylation is 1. The predicted octanol–water partition coefficient (Wildman–Crippen LogP) is 3.42. The van der Waals surface area contributed by atoms with Gasteiger partial charge in [-0.25, -0.2) is 12.8 Å². The van der Waals surface area contributed by atoms with Crippen LogP contribution in [0.15, 0.2) is 46.3 Å². The number of nitrogens with zero attached hydrogens (tertiary/aromatic N) is 1. The minimum absolute atomic E-state index is 0.116. The van der Waals surface area contributed by atoms with E-state index in [-0.39, 0.29) is 29.5 Å². The molecule has 2 N–H and O–H groups in total. The van der Waals surface area contributed by atoms with Crippen molar-refractivity contribution in [3.8, 4) is 0 Å². The molecule has 2 aromatic carbocycles. The third-order valence-electron chi connectivity index (χ3n) is 4.15. The van der Waals surface area contributed by atoms with Gasteiger partial charge in [0.05, 0.1) is 10.5 Å². The first-order valence-corrected chi connectivity index (χ1v) is 10.4. The molecule has 5 nitrogen and oxygen atoms in total. The highest BCUT2D eigenvalue weighted by atomic mass is 32.2. The van der Waals surface area contributed by atoms with Crippen LogP contribution in [-0.4, -0.2) is 27.7 Å². The molecule has 10 heteroatoms. The van der Waals surface area contributed by atoms with Gasteiger partial charge in [0.15, 0.2) is 15.8 Å². The van der Waals surface area contributed by atoms with Gasteiger partial charge in [-0.2, -0.15) is 13.2 Å². The van der Waals surface area contributed by atoms with E-state index in [1.165, 1.54) is 13.1 Å². The van der Waals surface area contributed by atoms with Crippen molar-refractivity contribution in [2.45, 2.75) is 31.1 Å². The number of hydrogen-bond donors (Lipinski definition) is 2. The molecule has 2 aromatic rings. The maximum Gasteiger partial charge on any atom is 0.416 e. The van der Waals surface area contributed by atoms with Gasteiger partial charge in [0.25, 0.3) is 0 Å². The number of halogens is 4. The lowest BCUT2D eigenvalue weighted by Crippen LogP contribution is -2.36. The zero-order valence-corrected chi connectivity index (χ0v) is 16.9. The summed E-state index contributed by atoms with van der Waals surface area (Å²) in [7, 11) is -1.86. The molecule has 2 rings (SSSR count). The number of guanidine groups is 1. The molecule has 0 saturated heterocycles. The Morgan fingerprint density at radius 2 is 1.72 bits per heavy atom. The van der Waals surface area contributed by atoms with E-state index in [9.17, 15) is 26.0 Å². The lowest BCUT2D eigenvalue weighted by molar-refractivity contribution is -0.138. The molecule has 0 aliphatic heterocycles. The average Bonchev–Trinajstić information content (AvgIpc) is 2.61. The highest BCUT2D eigenvalue weighted by molar-refractivity contribution is 7.90. The van der Waals surface area contributed by atoms with E-state index in [0.29, 0.717) is 11.6 Å². The van der Waals surface area contributed by atoms with Gasteiger partial charge in [0.2, 0.25) is 0 Å². The minimum Gasteiger partial charge on any atom is -0.352 e.